The van der Waals surface area contributed by atoms with Crippen molar-refractivity contribution in [2.45, 2.75) is 12.8 Å². The zero-order chi connectivity index (χ0) is 17.8. The van der Waals surface area contributed by atoms with Crippen LogP contribution in [-0.4, -0.2) is 39.9 Å². The fourth-order valence-electron chi connectivity index (χ4n) is 2.88. The molecule has 7 heteroatoms. The third kappa shape index (κ3) is 4.17. The number of aromatic hydroxyl groups is 1. The molecule has 1 unspecified atom stereocenters. The van der Waals surface area contributed by atoms with Gasteiger partial charge in [0, 0.05) is 23.8 Å². The maximum Gasteiger partial charge on any atom is 0.257 e. The molecule has 25 heavy (non-hydrogen) atoms. The number of carbonyl (C=O) groups is 2. The number of hydrogen-bond acceptors (Lipinski definition) is 4. The van der Waals surface area contributed by atoms with Crippen molar-refractivity contribution in [3.05, 3.63) is 52.6 Å². The second-order valence-electron chi connectivity index (χ2n) is 5.96. The van der Waals surface area contributed by atoms with Crippen LogP contribution in [0.1, 0.15) is 23.2 Å². The van der Waals surface area contributed by atoms with Gasteiger partial charge in [-0.15, -0.1) is 0 Å². The monoisotopic (exact) mass is 403 g/mol. The number of phenols is 1. The molecule has 0 spiro atoms. The van der Waals surface area contributed by atoms with Gasteiger partial charge in [0.25, 0.3) is 5.91 Å². The topological polar surface area (TPSA) is 82.5 Å². The van der Waals surface area contributed by atoms with Crippen LogP contribution in [-0.2, 0) is 4.79 Å². The minimum absolute atomic E-state index is 0.0434. The molecule has 2 aromatic rings. The Morgan fingerprint density at radius 3 is 2.76 bits per heavy atom. The Hall–Kier alpha value is -2.41. The summed E-state index contributed by atoms with van der Waals surface area (Å²) >= 11 is 3.30. The average Bonchev–Trinajstić information content (AvgIpc) is 2.63. The molecule has 1 fully saturated rings. The number of phenolic OH excluding ortho intramolecular Hbond substituents is 1. The molecule has 1 aromatic carbocycles. The quantitative estimate of drug-likeness (QED) is 0.824. The van der Waals surface area contributed by atoms with Crippen molar-refractivity contribution in [1.82, 2.24) is 9.88 Å². The van der Waals surface area contributed by atoms with Crippen molar-refractivity contribution < 1.29 is 14.7 Å². The molecular formula is C18H18BrN3O3. The zero-order valence-corrected chi connectivity index (χ0v) is 15.1. The Balaban J connectivity index is 1.66. The Kier molecular flexibility index (Phi) is 5.33. The van der Waals surface area contributed by atoms with Gasteiger partial charge in [0.05, 0.1) is 11.5 Å². The number of carbonyl (C=O) groups excluding carboxylic acids is 2. The van der Waals surface area contributed by atoms with Gasteiger partial charge in [0.2, 0.25) is 5.91 Å². The van der Waals surface area contributed by atoms with Crippen LogP contribution in [0.4, 0.5) is 5.82 Å². The van der Waals surface area contributed by atoms with Crippen molar-refractivity contribution >= 4 is 33.6 Å². The molecule has 6 nitrogen and oxygen atoms in total. The van der Waals surface area contributed by atoms with Crippen LogP contribution in [0.3, 0.4) is 0 Å². The number of hydrogen-bond donors (Lipinski definition) is 2. The number of aromatic nitrogens is 1. The van der Waals surface area contributed by atoms with Crippen LogP contribution in [0.15, 0.2) is 47.1 Å². The fourth-order valence-corrected chi connectivity index (χ4v) is 3.11. The molecule has 1 saturated heterocycles. The highest BCUT2D eigenvalue weighted by molar-refractivity contribution is 9.10. The minimum atomic E-state index is -0.297. The Morgan fingerprint density at radius 1 is 1.24 bits per heavy atom. The maximum atomic E-state index is 12.6. The van der Waals surface area contributed by atoms with E-state index in [0.29, 0.717) is 25.3 Å². The number of halogens is 1. The first kappa shape index (κ1) is 17.4. The normalized spacial score (nSPS) is 17.2. The van der Waals surface area contributed by atoms with E-state index in [4.69, 9.17) is 0 Å². The maximum absolute atomic E-state index is 12.6. The van der Waals surface area contributed by atoms with Crippen molar-refractivity contribution in [2.24, 2.45) is 5.92 Å². The van der Waals surface area contributed by atoms with Gasteiger partial charge in [0.1, 0.15) is 11.6 Å². The zero-order valence-electron chi connectivity index (χ0n) is 13.5. The van der Waals surface area contributed by atoms with Gasteiger partial charge in [0.15, 0.2) is 0 Å². The molecule has 0 saturated carbocycles. The third-order valence-electron chi connectivity index (χ3n) is 4.19. The number of piperidine rings is 1. The summed E-state index contributed by atoms with van der Waals surface area (Å²) in [6, 6.07) is 9.98. The summed E-state index contributed by atoms with van der Waals surface area (Å²) in [5, 5.41) is 12.7. The van der Waals surface area contributed by atoms with E-state index in [9.17, 15) is 14.7 Å². The number of nitrogens with zero attached hydrogens (tertiary/aromatic N) is 2. The number of likely N-dealkylation sites (tertiary alicyclic amines) is 1. The number of anilines is 1. The summed E-state index contributed by atoms with van der Waals surface area (Å²) in [6.07, 6.45) is 3.07. The molecule has 1 aromatic heterocycles. The number of benzene rings is 1. The van der Waals surface area contributed by atoms with E-state index in [2.05, 4.69) is 26.2 Å². The van der Waals surface area contributed by atoms with Crippen LogP contribution in [0.5, 0.6) is 5.75 Å². The fraction of sp³-hybridized carbons (Fsp3) is 0.278. The van der Waals surface area contributed by atoms with E-state index in [1.54, 1.807) is 41.4 Å². The first-order valence-corrected chi connectivity index (χ1v) is 8.83. The lowest BCUT2D eigenvalue weighted by molar-refractivity contribution is -0.121. The summed E-state index contributed by atoms with van der Waals surface area (Å²) in [5.74, 6) is -0.258. The van der Waals surface area contributed by atoms with Crippen molar-refractivity contribution in [3.63, 3.8) is 0 Å². The van der Waals surface area contributed by atoms with E-state index in [1.165, 1.54) is 6.07 Å². The first-order chi connectivity index (χ1) is 12.0. The molecule has 2 amide bonds. The first-order valence-electron chi connectivity index (χ1n) is 8.04. The molecule has 130 valence electrons. The Morgan fingerprint density at radius 2 is 2.04 bits per heavy atom. The smallest absolute Gasteiger partial charge is 0.257 e. The van der Waals surface area contributed by atoms with E-state index < -0.39 is 0 Å². The van der Waals surface area contributed by atoms with Crippen molar-refractivity contribution in [3.8, 4) is 5.75 Å². The number of pyridine rings is 1. The van der Waals surface area contributed by atoms with Crippen LogP contribution >= 0.6 is 15.9 Å². The minimum Gasteiger partial charge on any atom is -0.507 e. The van der Waals surface area contributed by atoms with Gasteiger partial charge in [-0.2, -0.15) is 0 Å². The largest absolute Gasteiger partial charge is 0.507 e. The van der Waals surface area contributed by atoms with Gasteiger partial charge in [-0.05, 0) is 53.0 Å². The second-order valence-corrected chi connectivity index (χ2v) is 6.87. The van der Waals surface area contributed by atoms with Crippen molar-refractivity contribution in [1.29, 1.82) is 0 Å². The summed E-state index contributed by atoms with van der Waals surface area (Å²) in [5.41, 5.74) is 0.262. The molecule has 1 atom stereocenters. The number of nitrogens with one attached hydrogen (secondary N) is 1. The van der Waals surface area contributed by atoms with E-state index in [1.807, 2.05) is 0 Å². The Labute approximate surface area is 154 Å². The molecule has 0 aliphatic carbocycles. The molecule has 0 radical (unpaired) electrons. The van der Waals surface area contributed by atoms with Crippen LogP contribution in [0.2, 0.25) is 0 Å². The van der Waals surface area contributed by atoms with Gasteiger partial charge in [-0.1, -0.05) is 12.1 Å². The highest BCUT2D eigenvalue weighted by Crippen LogP contribution is 2.23. The van der Waals surface area contributed by atoms with Crippen LogP contribution in [0, 0.1) is 5.92 Å². The SMILES string of the molecule is O=C(Nc1ccc(Br)cn1)C1CCCN(C(=O)c2ccccc2O)C1. The molecule has 2 N–H and O–H groups in total. The molecule has 2 heterocycles. The average molecular weight is 404 g/mol. The van der Waals surface area contributed by atoms with Gasteiger partial charge in [-0.25, -0.2) is 4.98 Å². The summed E-state index contributed by atoms with van der Waals surface area (Å²) in [6.45, 7) is 0.906. The van der Waals surface area contributed by atoms with Crippen molar-refractivity contribution in [2.75, 3.05) is 18.4 Å². The highest BCUT2D eigenvalue weighted by Gasteiger charge is 2.29. The molecular weight excluding hydrogens is 386 g/mol. The number of amides is 2. The molecule has 0 bridgehead atoms. The lowest BCUT2D eigenvalue weighted by Gasteiger charge is -2.32. The van der Waals surface area contributed by atoms with Gasteiger partial charge < -0.3 is 15.3 Å². The van der Waals surface area contributed by atoms with Gasteiger partial charge >= 0.3 is 0 Å². The number of rotatable bonds is 3. The summed E-state index contributed by atoms with van der Waals surface area (Å²) in [7, 11) is 0. The Bertz CT molecular complexity index is 779. The lowest BCUT2D eigenvalue weighted by Crippen LogP contribution is -2.43. The summed E-state index contributed by atoms with van der Waals surface area (Å²) < 4.78 is 0.836. The van der Waals surface area contributed by atoms with E-state index >= 15 is 0 Å². The highest BCUT2D eigenvalue weighted by atomic mass is 79.9. The number of para-hydroxylation sites is 1. The molecule has 1 aliphatic rings. The molecule has 1 aliphatic heterocycles. The standard InChI is InChI=1S/C18H18BrN3O3/c19-13-7-8-16(20-10-13)21-17(24)12-4-3-9-22(11-12)18(25)14-5-1-2-6-15(14)23/h1-2,5-8,10,12,23H,3-4,9,11H2,(H,20,21,24). The predicted octanol–water partition coefficient (Wildman–Crippen LogP) is 3.04. The van der Waals surface area contributed by atoms with E-state index in [0.717, 1.165) is 10.9 Å². The third-order valence-corrected chi connectivity index (χ3v) is 4.66. The van der Waals surface area contributed by atoms with Crippen LogP contribution < -0.4 is 5.32 Å². The summed E-state index contributed by atoms with van der Waals surface area (Å²) in [4.78, 5) is 30.8. The van der Waals surface area contributed by atoms with Crippen LogP contribution in [0.25, 0.3) is 0 Å². The second kappa shape index (κ2) is 7.65. The predicted molar refractivity (Wildman–Crippen MR) is 97.3 cm³/mol. The lowest BCUT2D eigenvalue weighted by atomic mass is 9.96. The van der Waals surface area contributed by atoms with Gasteiger partial charge in [-0.3, -0.25) is 9.59 Å². The molecule has 3 rings (SSSR count). The van der Waals surface area contributed by atoms with E-state index in [-0.39, 0.29) is 29.0 Å².